The first-order chi connectivity index (χ1) is 18.2. The molecule has 0 spiro atoms. The summed E-state index contributed by atoms with van der Waals surface area (Å²) in [6, 6.07) is 15.1. The van der Waals surface area contributed by atoms with Crippen molar-refractivity contribution in [1.82, 2.24) is 15.3 Å². The Balaban J connectivity index is 1.47. The number of aliphatic hydroxyl groups excluding tert-OH is 1. The molecule has 0 radical (unpaired) electrons. The highest BCUT2D eigenvalue weighted by Crippen LogP contribution is 2.38. The topological polar surface area (TPSA) is 130 Å². The van der Waals surface area contributed by atoms with E-state index in [0.717, 1.165) is 11.1 Å². The van der Waals surface area contributed by atoms with Crippen molar-refractivity contribution in [3.63, 3.8) is 0 Å². The predicted molar refractivity (Wildman–Crippen MR) is 147 cm³/mol. The van der Waals surface area contributed by atoms with Gasteiger partial charge in [0.2, 0.25) is 0 Å². The monoisotopic (exact) mass is 555 g/mol. The average Bonchev–Trinajstić information content (AvgIpc) is 2.91. The van der Waals surface area contributed by atoms with Gasteiger partial charge in [0, 0.05) is 36.2 Å². The molecule has 1 saturated heterocycles. The van der Waals surface area contributed by atoms with E-state index in [2.05, 4.69) is 25.7 Å². The van der Waals surface area contributed by atoms with Crippen molar-refractivity contribution in [3.05, 3.63) is 76.1 Å². The molecule has 2 aromatic carbocycles. The quantitative estimate of drug-likeness (QED) is 0.405. The zero-order valence-electron chi connectivity index (χ0n) is 21.3. The lowest BCUT2D eigenvalue weighted by Gasteiger charge is -2.27. The van der Waals surface area contributed by atoms with E-state index in [9.17, 15) is 9.47 Å². The second-order valence-corrected chi connectivity index (χ2v) is 12.3. The number of rotatable bonds is 9. The van der Waals surface area contributed by atoms with Crippen LogP contribution in [0.25, 0.3) is 0 Å². The number of ether oxygens (including phenoxy) is 2. The second kappa shape index (κ2) is 12.1. The van der Waals surface area contributed by atoms with Crippen LogP contribution in [0.4, 0.5) is 5.95 Å². The summed E-state index contributed by atoms with van der Waals surface area (Å²) in [4.78, 5) is 8.57. The smallest absolute Gasteiger partial charge is 0.258 e. The molecule has 1 aliphatic heterocycles. The van der Waals surface area contributed by atoms with E-state index in [1.165, 1.54) is 0 Å². The number of hydrogen-bond donors (Lipinski definition) is 2. The van der Waals surface area contributed by atoms with Gasteiger partial charge in [-0.25, -0.2) is 14.2 Å². The van der Waals surface area contributed by atoms with Crippen molar-refractivity contribution in [3.8, 4) is 17.6 Å². The molecule has 2 N–H and O–H groups in total. The summed E-state index contributed by atoms with van der Waals surface area (Å²) in [6.45, 7) is 5.54. The Morgan fingerprint density at radius 2 is 1.89 bits per heavy atom. The van der Waals surface area contributed by atoms with Crippen LogP contribution >= 0.6 is 11.6 Å². The Morgan fingerprint density at radius 3 is 2.58 bits per heavy atom. The first-order valence-electron chi connectivity index (χ1n) is 12.2. The number of aliphatic hydroxyl groups is 1. The lowest BCUT2D eigenvalue weighted by molar-refractivity contribution is 0.201. The minimum absolute atomic E-state index is 0.0574. The van der Waals surface area contributed by atoms with Gasteiger partial charge >= 0.3 is 0 Å². The van der Waals surface area contributed by atoms with Gasteiger partial charge in [0.25, 0.3) is 5.95 Å². The zero-order chi connectivity index (χ0) is 27.2. The first kappa shape index (κ1) is 27.8. The van der Waals surface area contributed by atoms with Crippen molar-refractivity contribution in [2.75, 3.05) is 37.8 Å². The van der Waals surface area contributed by atoms with Crippen LogP contribution in [0, 0.1) is 11.3 Å². The molecular weight excluding hydrogens is 526 g/mol. The average molecular weight is 556 g/mol. The molecule has 0 aliphatic carbocycles. The summed E-state index contributed by atoms with van der Waals surface area (Å²) in [6.07, 6.45) is 1.60. The van der Waals surface area contributed by atoms with Crippen LogP contribution in [0.1, 0.15) is 36.2 Å². The molecule has 0 unspecified atom stereocenters. The van der Waals surface area contributed by atoms with Gasteiger partial charge in [0.1, 0.15) is 25.0 Å². The SMILES string of the molecule is CC(C)(c1ccc(OCc2ccnc(N=S3(=O)CCNCC3)n2)cc1)c1cc(Cl)c(OCCO)c(C#N)c1. The summed E-state index contributed by atoms with van der Waals surface area (Å²) in [7, 11) is -2.33. The molecule has 0 amide bonds. The third-order valence-corrected chi connectivity index (χ3v) is 8.79. The largest absolute Gasteiger partial charge is 0.488 e. The Kier molecular flexibility index (Phi) is 8.84. The molecule has 38 heavy (non-hydrogen) atoms. The Labute approximate surface area is 228 Å². The number of aromatic nitrogens is 2. The van der Waals surface area contributed by atoms with Gasteiger partial charge in [-0.2, -0.15) is 9.62 Å². The molecule has 4 rings (SSSR count). The fraction of sp³-hybridized carbons (Fsp3) is 0.370. The maximum Gasteiger partial charge on any atom is 0.258 e. The predicted octanol–water partition coefficient (Wildman–Crippen LogP) is 3.98. The van der Waals surface area contributed by atoms with Gasteiger partial charge in [0.05, 0.1) is 32.6 Å². The molecule has 9 nitrogen and oxygen atoms in total. The molecule has 11 heteroatoms. The lowest BCUT2D eigenvalue weighted by atomic mass is 9.77. The highest BCUT2D eigenvalue weighted by molar-refractivity contribution is 7.93. The number of nitrogens with one attached hydrogen (secondary N) is 1. The van der Waals surface area contributed by atoms with Crippen LogP contribution < -0.4 is 14.8 Å². The fourth-order valence-corrected chi connectivity index (χ4v) is 6.04. The van der Waals surface area contributed by atoms with E-state index < -0.39 is 15.1 Å². The molecule has 3 aromatic rings. The minimum Gasteiger partial charge on any atom is -0.488 e. The number of benzene rings is 2. The maximum absolute atomic E-state index is 12.8. The van der Waals surface area contributed by atoms with Gasteiger partial charge in [0.15, 0.2) is 5.75 Å². The van der Waals surface area contributed by atoms with Crippen LogP contribution in [0.15, 0.2) is 53.0 Å². The standard InChI is InChI=1S/C27H30ClN5O4S/c1-27(2,21-15-19(17-29)25(24(28)16-21)36-12-11-34)20-3-5-23(6-4-20)37-18-22-7-8-31-26(32-22)33-38(35)13-9-30-10-14-38/h3-8,15-16,30,34H,9-14,18H2,1-2H3. The number of hydrogen-bond acceptors (Lipinski definition) is 9. The van der Waals surface area contributed by atoms with Crippen LogP contribution in [-0.4, -0.2) is 57.1 Å². The zero-order valence-corrected chi connectivity index (χ0v) is 22.9. The van der Waals surface area contributed by atoms with Crippen molar-refractivity contribution in [1.29, 1.82) is 5.26 Å². The normalized spacial score (nSPS) is 14.9. The molecular formula is C27H30ClN5O4S. The van der Waals surface area contributed by atoms with Crippen molar-refractivity contribution >= 4 is 27.3 Å². The Bertz CT molecular complexity index is 1430. The van der Waals surface area contributed by atoms with Gasteiger partial charge in [-0.05, 0) is 41.5 Å². The van der Waals surface area contributed by atoms with Gasteiger partial charge in [-0.15, -0.1) is 0 Å². The van der Waals surface area contributed by atoms with Crippen molar-refractivity contribution in [2.24, 2.45) is 4.36 Å². The highest BCUT2D eigenvalue weighted by Gasteiger charge is 2.26. The third kappa shape index (κ3) is 6.60. The minimum atomic E-state index is -2.33. The van der Waals surface area contributed by atoms with E-state index in [0.29, 0.717) is 46.6 Å². The van der Waals surface area contributed by atoms with Crippen LogP contribution in [-0.2, 0) is 21.8 Å². The molecule has 1 aromatic heterocycles. The molecule has 2 heterocycles. The number of halogens is 1. The lowest BCUT2D eigenvalue weighted by Crippen LogP contribution is -2.35. The number of nitrogens with zero attached hydrogens (tertiary/aromatic N) is 4. The van der Waals surface area contributed by atoms with E-state index in [1.54, 1.807) is 24.4 Å². The van der Waals surface area contributed by atoms with E-state index in [4.69, 9.17) is 26.2 Å². The van der Waals surface area contributed by atoms with Crippen LogP contribution in [0.5, 0.6) is 11.5 Å². The molecule has 1 fully saturated rings. The maximum atomic E-state index is 12.8. The molecule has 0 saturated carbocycles. The molecule has 0 bridgehead atoms. The fourth-order valence-electron chi connectivity index (χ4n) is 4.06. The highest BCUT2D eigenvalue weighted by atomic mass is 35.5. The van der Waals surface area contributed by atoms with Crippen LogP contribution in [0.3, 0.4) is 0 Å². The summed E-state index contributed by atoms with van der Waals surface area (Å²) in [5, 5.41) is 22.1. The number of nitriles is 1. The molecule has 1 aliphatic rings. The molecule has 200 valence electrons. The molecule has 0 atom stereocenters. The van der Waals surface area contributed by atoms with Gasteiger partial charge < -0.3 is 19.9 Å². The second-order valence-electron chi connectivity index (χ2n) is 9.33. The summed E-state index contributed by atoms with van der Waals surface area (Å²) >= 11 is 6.43. The van der Waals surface area contributed by atoms with E-state index in [-0.39, 0.29) is 31.5 Å². The van der Waals surface area contributed by atoms with E-state index in [1.807, 2.05) is 38.1 Å². The van der Waals surface area contributed by atoms with Gasteiger partial charge in [-0.3, -0.25) is 0 Å². The summed E-state index contributed by atoms with van der Waals surface area (Å²) < 4.78 is 28.6. The first-order valence-corrected chi connectivity index (χ1v) is 14.4. The summed E-state index contributed by atoms with van der Waals surface area (Å²) in [5.74, 6) is 2.14. The Hall–Kier alpha value is -3.23. The van der Waals surface area contributed by atoms with E-state index >= 15 is 0 Å². The summed E-state index contributed by atoms with van der Waals surface area (Å²) in [5.41, 5.74) is 2.35. The Morgan fingerprint density at radius 1 is 1.16 bits per heavy atom. The van der Waals surface area contributed by atoms with Crippen molar-refractivity contribution in [2.45, 2.75) is 25.9 Å². The van der Waals surface area contributed by atoms with Gasteiger partial charge in [-0.1, -0.05) is 37.6 Å². The van der Waals surface area contributed by atoms with Crippen LogP contribution in [0.2, 0.25) is 5.02 Å². The van der Waals surface area contributed by atoms with Crippen molar-refractivity contribution < 1.29 is 18.8 Å². The third-order valence-electron chi connectivity index (χ3n) is 6.33.